The smallest absolute Gasteiger partial charge is 0.330 e. The van der Waals surface area contributed by atoms with E-state index >= 15 is 0 Å². The number of thioether (sulfide) groups is 1. The highest BCUT2D eigenvalue weighted by atomic mass is 32.2. The summed E-state index contributed by atoms with van der Waals surface area (Å²) in [5.41, 5.74) is 0. The average molecular weight is 422 g/mol. The second-order valence-corrected chi connectivity index (χ2v) is 8.57. The van der Waals surface area contributed by atoms with Crippen molar-refractivity contribution in [3.05, 3.63) is 30.3 Å². The molecule has 1 aromatic rings. The third-order valence-electron chi connectivity index (χ3n) is 4.74. The zero-order valence-corrected chi connectivity index (χ0v) is 17.1. The molecular formula is C19H22N2O7S. The molecule has 2 heterocycles. The molecule has 0 saturated carbocycles. The van der Waals surface area contributed by atoms with Crippen molar-refractivity contribution >= 4 is 35.5 Å². The van der Waals surface area contributed by atoms with Crippen LogP contribution in [0.2, 0.25) is 0 Å². The van der Waals surface area contributed by atoms with Crippen LogP contribution in [0.3, 0.4) is 0 Å². The fourth-order valence-corrected chi connectivity index (χ4v) is 5.04. The number of methoxy groups -OCH3 is 1. The lowest BCUT2D eigenvalue weighted by atomic mass is 9.95. The highest BCUT2D eigenvalue weighted by Crippen LogP contribution is 2.51. The second-order valence-electron chi connectivity index (χ2n) is 6.92. The molecule has 2 saturated heterocycles. The van der Waals surface area contributed by atoms with E-state index < -0.39 is 46.0 Å². The minimum atomic E-state index is -0.914. The summed E-state index contributed by atoms with van der Waals surface area (Å²) >= 11 is 1.30. The number of ether oxygens (including phenoxy) is 3. The molecule has 29 heavy (non-hydrogen) atoms. The van der Waals surface area contributed by atoms with E-state index in [-0.39, 0.29) is 13.2 Å². The maximum Gasteiger partial charge on any atom is 0.330 e. The molecule has 2 aliphatic heterocycles. The molecule has 1 aromatic carbocycles. The van der Waals surface area contributed by atoms with Crippen LogP contribution in [0.4, 0.5) is 0 Å². The molecule has 10 heteroatoms. The van der Waals surface area contributed by atoms with Crippen molar-refractivity contribution in [1.82, 2.24) is 10.2 Å². The number of para-hydroxylation sites is 1. The van der Waals surface area contributed by atoms with Gasteiger partial charge in [0.1, 0.15) is 29.8 Å². The summed E-state index contributed by atoms with van der Waals surface area (Å²) in [5.74, 6) is -1.38. The number of carbonyl (C=O) groups excluding carboxylic acids is 4. The van der Waals surface area contributed by atoms with Crippen molar-refractivity contribution in [1.29, 1.82) is 0 Å². The first-order chi connectivity index (χ1) is 13.8. The highest BCUT2D eigenvalue weighted by Gasteiger charge is 2.66. The number of fused-ring (bicyclic) bond motifs is 1. The van der Waals surface area contributed by atoms with E-state index in [2.05, 4.69) is 5.32 Å². The Hall–Kier alpha value is -2.75. The van der Waals surface area contributed by atoms with Gasteiger partial charge in [-0.05, 0) is 19.1 Å². The van der Waals surface area contributed by atoms with Crippen LogP contribution >= 0.6 is 11.8 Å². The lowest BCUT2D eigenvalue weighted by Gasteiger charge is -2.43. The molecule has 156 valence electrons. The van der Waals surface area contributed by atoms with E-state index in [1.54, 1.807) is 31.2 Å². The van der Waals surface area contributed by atoms with Gasteiger partial charge in [0, 0.05) is 6.92 Å². The zero-order chi connectivity index (χ0) is 21.2. The van der Waals surface area contributed by atoms with Gasteiger partial charge in [-0.15, -0.1) is 11.8 Å². The molecule has 2 fully saturated rings. The largest absolute Gasteiger partial charge is 0.484 e. The highest BCUT2D eigenvalue weighted by molar-refractivity contribution is 8.01. The Balaban J connectivity index is 1.65. The number of esters is 2. The van der Waals surface area contributed by atoms with Crippen LogP contribution in [0.1, 0.15) is 13.8 Å². The molecule has 2 amide bonds. The minimum Gasteiger partial charge on any atom is -0.484 e. The summed E-state index contributed by atoms with van der Waals surface area (Å²) in [6, 6.07) is 7.13. The number of hydrogen-bond acceptors (Lipinski definition) is 8. The average Bonchev–Trinajstić information content (AvgIpc) is 2.99. The van der Waals surface area contributed by atoms with Crippen molar-refractivity contribution in [2.24, 2.45) is 0 Å². The quantitative estimate of drug-likeness (QED) is 0.494. The Labute approximate surface area is 172 Å². The van der Waals surface area contributed by atoms with Gasteiger partial charge in [-0.1, -0.05) is 18.2 Å². The fourth-order valence-electron chi connectivity index (χ4n) is 3.37. The Kier molecular flexibility index (Phi) is 6.02. The van der Waals surface area contributed by atoms with E-state index in [0.717, 1.165) is 0 Å². The van der Waals surface area contributed by atoms with Gasteiger partial charge in [0.15, 0.2) is 6.61 Å². The Morgan fingerprint density at radius 3 is 2.55 bits per heavy atom. The van der Waals surface area contributed by atoms with Crippen LogP contribution in [0.5, 0.6) is 5.75 Å². The molecule has 2 aliphatic rings. The SMILES string of the molecule is COC(=O)C1N2C(=O)C(NC(=O)COc3ccccc3)[C@@H]2SC1(C)COC(C)=O. The van der Waals surface area contributed by atoms with Gasteiger partial charge in [0.25, 0.3) is 5.91 Å². The molecule has 1 N–H and O–H groups in total. The van der Waals surface area contributed by atoms with Gasteiger partial charge in [-0.2, -0.15) is 0 Å². The molecular weight excluding hydrogens is 400 g/mol. The number of rotatable bonds is 7. The summed E-state index contributed by atoms with van der Waals surface area (Å²) < 4.78 is 14.5. The molecule has 0 spiro atoms. The number of nitrogens with zero attached hydrogens (tertiary/aromatic N) is 1. The predicted molar refractivity (Wildman–Crippen MR) is 103 cm³/mol. The van der Waals surface area contributed by atoms with Gasteiger partial charge < -0.3 is 24.4 Å². The van der Waals surface area contributed by atoms with E-state index in [1.165, 1.54) is 30.7 Å². The summed E-state index contributed by atoms with van der Waals surface area (Å²) in [7, 11) is 1.23. The summed E-state index contributed by atoms with van der Waals surface area (Å²) in [6.07, 6.45) is 0. The van der Waals surface area contributed by atoms with Gasteiger partial charge in [-0.3, -0.25) is 14.4 Å². The molecule has 9 nitrogen and oxygen atoms in total. The first kappa shape index (κ1) is 21.0. The van der Waals surface area contributed by atoms with Crippen molar-refractivity contribution in [2.45, 2.75) is 36.1 Å². The zero-order valence-electron chi connectivity index (χ0n) is 16.2. The van der Waals surface area contributed by atoms with Crippen LogP contribution in [0.15, 0.2) is 30.3 Å². The van der Waals surface area contributed by atoms with E-state index in [1.807, 2.05) is 6.07 Å². The van der Waals surface area contributed by atoms with Crippen molar-refractivity contribution < 1.29 is 33.4 Å². The normalized spacial score (nSPS) is 27.5. The van der Waals surface area contributed by atoms with Gasteiger partial charge in [-0.25, -0.2) is 4.79 Å². The maximum absolute atomic E-state index is 12.7. The number of amides is 2. The van der Waals surface area contributed by atoms with Gasteiger partial charge >= 0.3 is 11.9 Å². The molecule has 0 radical (unpaired) electrons. The Bertz CT molecular complexity index is 818. The number of benzene rings is 1. The molecule has 3 unspecified atom stereocenters. The minimum absolute atomic E-state index is 0.0647. The van der Waals surface area contributed by atoms with Crippen LogP contribution in [-0.2, 0) is 28.7 Å². The first-order valence-electron chi connectivity index (χ1n) is 8.95. The Morgan fingerprint density at radius 2 is 1.93 bits per heavy atom. The Morgan fingerprint density at radius 1 is 1.24 bits per heavy atom. The monoisotopic (exact) mass is 422 g/mol. The van der Waals surface area contributed by atoms with Crippen LogP contribution in [0, 0.1) is 0 Å². The third kappa shape index (κ3) is 4.16. The number of β-lactam (4-membered cyclic amide) rings is 1. The molecule has 0 bridgehead atoms. The fraction of sp³-hybridized carbons (Fsp3) is 0.474. The number of carbonyl (C=O) groups is 4. The third-order valence-corrected chi connectivity index (χ3v) is 6.36. The number of nitrogens with one attached hydrogen (secondary N) is 1. The summed E-state index contributed by atoms with van der Waals surface area (Å²) in [5, 5.41) is 2.19. The number of hydrogen-bond donors (Lipinski definition) is 1. The van der Waals surface area contributed by atoms with Gasteiger partial charge in [0.05, 0.1) is 11.9 Å². The topological polar surface area (TPSA) is 111 Å². The van der Waals surface area contributed by atoms with Crippen LogP contribution in [-0.4, -0.2) is 71.2 Å². The maximum atomic E-state index is 12.7. The lowest BCUT2D eigenvalue weighted by Crippen LogP contribution is -2.71. The lowest BCUT2D eigenvalue weighted by molar-refractivity contribution is -0.164. The van der Waals surface area contributed by atoms with E-state index in [0.29, 0.717) is 5.75 Å². The van der Waals surface area contributed by atoms with Gasteiger partial charge in [0.2, 0.25) is 5.91 Å². The van der Waals surface area contributed by atoms with E-state index in [9.17, 15) is 19.2 Å². The molecule has 0 aromatic heterocycles. The molecule has 0 aliphatic carbocycles. The van der Waals surface area contributed by atoms with Crippen molar-refractivity contribution in [3.63, 3.8) is 0 Å². The van der Waals surface area contributed by atoms with Crippen LogP contribution < -0.4 is 10.1 Å². The van der Waals surface area contributed by atoms with Crippen molar-refractivity contribution in [2.75, 3.05) is 20.3 Å². The van der Waals surface area contributed by atoms with Crippen LogP contribution in [0.25, 0.3) is 0 Å². The second kappa shape index (κ2) is 8.32. The molecule has 4 atom stereocenters. The van der Waals surface area contributed by atoms with E-state index in [4.69, 9.17) is 14.2 Å². The summed E-state index contributed by atoms with van der Waals surface area (Å²) in [6.45, 7) is 2.69. The van der Waals surface area contributed by atoms with Crippen molar-refractivity contribution in [3.8, 4) is 5.75 Å². The standard InChI is InChI=1S/C19H22N2O7S/c1-11(22)28-10-19(2)15(18(25)26-3)21-16(24)14(17(21)29-19)20-13(23)9-27-12-7-5-4-6-8-12/h4-8,14-15,17H,9-10H2,1-3H3,(H,20,23)/t14?,15?,17-,19?/m0/s1. The summed E-state index contributed by atoms with van der Waals surface area (Å²) in [4.78, 5) is 49.8. The molecule has 3 rings (SSSR count). The first-order valence-corrected chi connectivity index (χ1v) is 9.83. The predicted octanol–water partition coefficient (Wildman–Crippen LogP) is 0.329.